The fourth-order valence-electron chi connectivity index (χ4n) is 2.98. The number of aromatic amines is 1. The lowest BCUT2D eigenvalue weighted by molar-refractivity contribution is 0.781. The van der Waals surface area contributed by atoms with Crippen LogP contribution in [0, 0.1) is 6.92 Å². The Kier molecular flexibility index (Phi) is 3.49. The van der Waals surface area contributed by atoms with Crippen molar-refractivity contribution in [2.75, 3.05) is 0 Å². The number of pyridine rings is 1. The molecule has 0 unspecified atom stereocenters. The third-order valence-electron chi connectivity index (χ3n) is 4.29. The van der Waals surface area contributed by atoms with Crippen LogP contribution in [0.25, 0.3) is 22.6 Å². The number of fused-ring (bicyclic) bond motifs is 1. The Bertz CT molecular complexity index is 1100. The molecule has 0 saturated carbocycles. The molecule has 0 aliphatic heterocycles. The molecule has 0 atom stereocenters. The Labute approximate surface area is 144 Å². The van der Waals surface area contributed by atoms with Crippen LogP contribution in [0.1, 0.15) is 31.0 Å². The molecule has 1 N–H and O–H groups in total. The fourth-order valence-corrected chi connectivity index (χ4v) is 2.98. The molecular formula is C18H18N6O. The number of H-pyrrole nitrogens is 1. The summed E-state index contributed by atoms with van der Waals surface area (Å²) in [6.45, 7) is 5.95. The first-order valence-corrected chi connectivity index (χ1v) is 8.13. The van der Waals surface area contributed by atoms with Gasteiger partial charge in [0.05, 0.1) is 12.4 Å². The van der Waals surface area contributed by atoms with Gasteiger partial charge in [0, 0.05) is 34.8 Å². The number of nitrogens with zero attached hydrogens (tertiary/aromatic N) is 5. The Balaban J connectivity index is 1.88. The molecule has 0 fully saturated rings. The maximum Gasteiger partial charge on any atom is 0.277 e. The van der Waals surface area contributed by atoms with Crippen LogP contribution in [-0.4, -0.2) is 29.4 Å². The zero-order valence-electron chi connectivity index (χ0n) is 14.3. The maximum atomic E-state index is 12.6. The second-order valence-corrected chi connectivity index (χ2v) is 6.30. The van der Waals surface area contributed by atoms with Crippen LogP contribution in [0.3, 0.4) is 0 Å². The Morgan fingerprint density at radius 3 is 2.72 bits per heavy atom. The molecule has 4 heterocycles. The molecule has 7 heteroatoms. The average molecular weight is 334 g/mol. The molecule has 0 radical (unpaired) electrons. The van der Waals surface area contributed by atoms with Gasteiger partial charge in [-0.1, -0.05) is 19.9 Å². The van der Waals surface area contributed by atoms with Crippen LogP contribution in [0.2, 0.25) is 0 Å². The van der Waals surface area contributed by atoms with Crippen molar-refractivity contribution in [2.45, 2.75) is 26.7 Å². The highest BCUT2D eigenvalue weighted by Gasteiger charge is 2.16. The van der Waals surface area contributed by atoms with Crippen LogP contribution in [0.4, 0.5) is 0 Å². The van der Waals surface area contributed by atoms with Crippen LogP contribution in [0.15, 0.2) is 47.8 Å². The molecule has 0 saturated heterocycles. The standard InChI is InChI=1S/C18H18N6O/c1-11(2)16-12(3)18(25)24-17(22-16)14(9-21-24)13-8-20-23(10-13)15-6-4-5-7-19-15/h4-11,22H,1-3H3. The zero-order valence-corrected chi connectivity index (χ0v) is 14.3. The van der Waals surface area contributed by atoms with Crippen molar-refractivity contribution in [2.24, 2.45) is 0 Å². The minimum absolute atomic E-state index is 0.0965. The minimum atomic E-state index is -0.0965. The molecule has 7 nitrogen and oxygen atoms in total. The zero-order chi connectivity index (χ0) is 17.6. The Hall–Kier alpha value is -3.22. The van der Waals surface area contributed by atoms with Gasteiger partial charge in [0.1, 0.15) is 5.65 Å². The summed E-state index contributed by atoms with van der Waals surface area (Å²) in [7, 11) is 0. The van der Waals surface area contributed by atoms with E-state index in [1.165, 1.54) is 4.52 Å². The van der Waals surface area contributed by atoms with Crippen molar-refractivity contribution >= 4 is 5.65 Å². The molecule has 25 heavy (non-hydrogen) atoms. The molecule has 0 aliphatic carbocycles. The van der Waals surface area contributed by atoms with E-state index in [1.807, 2.05) is 31.3 Å². The molecule has 0 spiro atoms. The fraction of sp³-hybridized carbons (Fsp3) is 0.222. The van der Waals surface area contributed by atoms with E-state index in [2.05, 4.69) is 34.0 Å². The van der Waals surface area contributed by atoms with Gasteiger partial charge in [-0.25, -0.2) is 9.67 Å². The van der Waals surface area contributed by atoms with Crippen LogP contribution in [0.5, 0.6) is 0 Å². The van der Waals surface area contributed by atoms with E-state index in [4.69, 9.17) is 0 Å². The van der Waals surface area contributed by atoms with Crippen LogP contribution < -0.4 is 5.56 Å². The number of aromatic nitrogens is 6. The number of hydrogen-bond acceptors (Lipinski definition) is 4. The van der Waals surface area contributed by atoms with Gasteiger partial charge in [-0.2, -0.15) is 14.7 Å². The summed E-state index contributed by atoms with van der Waals surface area (Å²) in [6, 6.07) is 5.66. The van der Waals surface area contributed by atoms with Crippen molar-refractivity contribution in [3.05, 3.63) is 64.6 Å². The van der Waals surface area contributed by atoms with Crippen molar-refractivity contribution in [1.82, 2.24) is 29.4 Å². The Morgan fingerprint density at radius 1 is 1.16 bits per heavy atom. The minimum Gasteiger partial charge on any atom is -0.342 e. The monoisotopic (exact) mass is 334 g/mol. The lowest BCUT2D eigenvalue weighted by Gasteiger charge is -2.10. The molecular weight excluding hydrogens is 316 g/mol. The van der Waals surface area contributed by atoms with Crippen molar-refractivity contribution in [3.8, 4) is 16.9 Å². The topological polar surface area (TPSA) is 80.9 Å². The van der Waals surface area contributed by atoms with Gasteiger partial charge in [0.25, 0.3) is 5.56 Å². The molecule has 0 aliphatic rings. The number of hydrogen-bond donors (Lipinski definition) is 1. The molecule has 4 aromatic heterocycles. The van der Waals surface area contributed by atoms with Gasteiger partial charge in [0.2, 0.25) is 0 Å². The summed E-state index contributed by atoms with van der Waals surface area (Å²) in [5.41, 5.74) is 3.91. The van der Waals surface area contributed by atoms with E-state index in [9.17, 15) is 4.79 Å². The highest BCUT2D eigenvalue weighted by molar-refractivity contribution is 5.76. The van der Waals surface area contributed by atoms with Crippen molar-refractivity contribution in [3.63, 3.8) is 0 Å². The molecule has 0 aromatic carbocycles. The van der Waals surface area contributed by atoms with Gasteiger partial charge in [-0.3, -0.25) is 4.79 Å². The summed E-state index contributed by atoms with van der Waals surface area (Å²) in [4.78, 5) is 20.2. The summed E-state index contributed by atoms with van der Waals surface area (Å²) in [5.74, 6) is 0.953. The highest BCUT2D eigenvalue weighted by atomic mass is 16.1. The second kappa shape index (κ2) is 5.70. The predicted molar refractivity (Wildman–Crippen MR) is 95.0 cm³/mol. The SMILES string of the molecule is Cc1c(C(C)C)[nH]c2c(-c3cnn(-c4ccccn4)c3)cnn2c1=O. The quantitative estimate of drug-likeness (QED) is 0.624. The smallest absolute Gasteiger partial charge is 0.277 e. The van der Waals surface area contributed by atoms with E-state index >= 15 is 0 Å². The van der Waals surface area contributed by atoms with Crippen molar-refractivity contribution < 1.29 is 0 Å². The second-order valence-electron chi connectivity index (χ2n) is 6.30. The summed E-state index contributed by atoms with van der Waals surface area (Å²) in [5, 5.41) is 8.63. The molecule has 126 valence electrons. The average Bonchev–Trinajstić information content (AvgIpc) is 3.25. The first-order chi connectivity index (χ1) is 12.1. The molecule has 0 amide bonds. The first kappa shape index (κ1) is 15.3. The normalized spacial score (nSPS) is 11.5. The van der Waals surface area contributed by atoms with E-state index in [0.29, 0.717) is 11.2 Å². The first-order valence-electron chi connectivity index (χ1n) is 8.13. The lowest BCUT2D eigenvalue weighted by atomic mass is 10.1. The van der Waals surface area contributed by atoms with Gasteiger partial charge < -0.3 is 4.98 Å². The predicted octanol–water partition coefficient (Wildman–Crippen LogP) is 2.70. The molecule has 4 aromatic rings. The Morgan fingerprint density at radius 2 is 2.00 bits per heavy atom. The van der Waals surface area contributed by atoms with Crippen molar-refractivity contribution in [1.29, 1.82) is 0 Å². The van der Waals surface area contributed by atoms with Crippen LogP contribution >= 0.6 is 0 Å². The third kappa shape index (κ3) is 2.44. The lowest BCUT2D eigenvalue weighted by Crippen LogP contribution is -2.21. The molecule has 4 rings (SSSR count). The third-order valence-corrected chi connectivity index (χ3v) is 4.29. The van der Waals surface area contributed by atoms with Gasteiger partial charge in [-0.05, 0) is 25.0 Å². The summed E-state index contributed by atoms with van der Waals surface area (Å²) < 4.78 is 3.11. The summed E-state index contributed by atoms with van der Waals surface area (Å²) >= 11 is 0. The van der Waals surface area contributed by atoms with Gasteiger partial charge >= 0.3 is 0 Å². The largest absolute Gasteiger partial charge is 0.342 e. The van der Waals surface area contributed by atoms with E-state index in [-0.39, 0.29) is 11.5 Å². The van der Waals surface area contributed by atoms with E-state index < -0.39 is 0 Å². The van der Waals surface area contributed by atoms with Gasteiger partial charge in [-0.15, -0.1) is 0 Å². The summed E-state index contributed by atoms with van der Waals surface area (Å²) in [6.07, 6.45) is 7.04. The van der Waals surface area contributed by atoms with Gasteiger partial charge in [0.15, 0.2) is 5.82 Å². The molecule has 0 bridgehead atoms. The number of nitrogens with one attached hydrogen (secondary N) is 1. The van der Waals surface area contributed by atoms with Crippen LogP contribution in [-0.2, 0) is 0 Å². The number of rotatable bonds is 3. The highest BCUT2D eigenvalue weighted by Crippen LogP contribution is 2.24. The van der Waals surface area contributed by atoms with E-state index in [0.717, 1.165) is 22.6 Å². The maximum absolute atomic E-state index is 12.6. The van der Waals surface area contributed by atoms with E-state index in [1.54, 1.807) is 23.3 Å².